The second-order valence-electron chi connectivity index (χ2n) is 8.04. The van der Waals surface area contributed by atoms with Crippen molar-refractivity contribution in [3.05, 3.63) is 69.9 Å². The molecular weight excluding hydrogens is 457 g/mol. The molecule has 10 heteroatoms. The van der Waals surface area contributed by atoms with Gasteiger partial charge in [0.05, 0.1) is 40.7 Å². The van der Waals surface area contributed by atoms with Crippen LogP contribution >= 0.6 is 0 Å². The monoisotopic (exact) mass is 479 g/mol. The molecule has 9 nitrogen and oxygen atoms in total. The number of pyridine rings is 1. The number of nitrogens with zero attached hydrogens (tertiary/aromatic N) is 2. The summed E-state index contributed by atoms with van der Waals surface area (Å²) in [5, 5.41) is 4.22. The maximum atomic E-state index is 13.4. The van der Waals surface area contributed by atoms with Crippen molar-refractivity contribution < 1.29 is 32.8 Å². The molecule has 1 N–H and O–H groups in total. The fourth-order valence-corrected chi connectivity index (χ4v) is 3.91. The number of Topliss-reactive ketones (excluding diaryl/α,β-unsaturated/α-hetero) is 1. The van der Waals surface area contributed by atoms with Crippen LogP contribution in [0.3, 0.4) is 0 Å². The summed E-state index contributed by atoms with van der Waals surface area (Å²) in [6, 6.07) is 7.06. The molecule has 0 aliphatic carbocycles. The van der Waals surface area contributed by atoms with Crippen molar-refractivity contribution in [2.45, 2.75) is 33.8 Å². The van der Waals surface area contributed by atoms with Gasteiger partial charge in [0.25, 0.3) is 5.71 Å². The summed E-state index contributed by atoms with van der Waals surface area (Å²) >= 11 is 0. The molecule has 0 amide bonds. The van der Waals surface area contributed by atoms with E-state index in [1.807, 2.05) is 0 Å². The predicted octanol–water partition coefficient (Wildman–Crippen LogP) is 4.50. The molecule has 3 heterocycles. The lowest BCUT2D eigenvalue weighted by Gasteiger charge is -2.13. The third-order valence-corrected chi connectivity index (χ3v) is 5.70. The van der Waals surface area contributed by atoms with Gasteiger partial charge in [-0.15, -0.1) is 0 Å². The number of aromatic amines is 1. The van der Waals surface area contributed by atoms with Crippen molar-refractivity contribution in [1.82, 2.24) is 15.1 Å². The zero-order valence-electron chi connectivity index (χ0n) is 19.7. The predicted molar refractivity (Wildman–Crippen MR) is 123 cm³/mol. The van der Waals surface area contributed by atoms with Gasteiger partial charge in [0.1, 0.15) is 5.82 Å². The summed E-state index contributed by atoms with van der Waals surface area (Å²) < 4.78 is 28.9. The molecule has 3 aromatic heterocycles. The molecule has 0 aliphatic rings. The van der Waals surface area contributed by atoms with E-state index in [-0.39, 0.29) is 22.5 Å². The molecule has 0 saturated carbocycles. The summed E-state index contributed by atoms with van der Waals surface area (Å²) in [6.45, 7) is 6.34. The van der Waals surface area contributed by atoms with Crippen LogP contribution in [0.5, 0.6) is 0 Å². The number of H-pyrrole nitrogens is 1. The van der Waals surface area contributed by atoms with Crippen molar-refractivity contribution in [2.24, 2.45) is 0 Å². The van der Waals surface area contributed by atoms with Crippen LogP contribution in [0, 0.1) is 26.6 Å². The van der Waals surface area contributed by atoms with Gasteiger partial charge in [-0.2, -0.15) is 0 Å². The Labute approximate surface area is 199 Å². The Balaban J connectivity index is 1.67. The zero-order valence-corrected chi connectivity index (χ0v) is 19.7. The highest BCUT2D eigenvalue weighted by Crippen LogP contribution is 2.28. The number of nitrogens with one attached hydrogen (secondary N) is 1. The van der Waals surface area contributed by atoms with E-state index in [2.05, 4.69) is 15.1 Å². The van der Waals surface area contributed by atoms with E-state index in [4.69, 9.17) is 14.0 Å². The van der Waals surface area contributed by atoms with Gasteiger partial charge in [-0.1, -0.05) is 5.16 Å². The molecule has 1 unspecified atom stereocenters. The van der Waals surface area contributed by atoms with Crippen molar-refractivity contribution in [3.8, 4) is 11.3 Å². The highest BCUT2D eigenvalue weighted by Gasteiger charge is 2.29. The van der Waals surface area contributed by atoms with Crippen LogP contribution < -0.4 is 0 Å². The number of hydrogen-bond donors (Lipinski definition) is 1. The number of hydrogen-bond acceptors (Lipinski definition) is 8. The number of fused-ring (bicyclic) bond motifs is 1. The average Bonchev–Trinajstić information content (AvgIpc) is 3.36. The maximum absolute atomic E-state index is 13.4. The summed E-state index contributed by atoms with van der Waals surface area (Å²) in [5.74, 6) is -2.29. The largest absolute Gasteiger partial charge is 0.465 e. The second kappa shape index (κ2) is 9.13. The van der Waals surface area contributed by atoms with E-state index >= 15 is 0 Å². The summed E-state index contributed by atoms with van der Waals surface area (Å²) in [5.41, 5.74) is 2.80. The minimum Gasteiger partial charge on any atom is -0.465 e. The Morgan fingerprint density at radius 1 is 1.09 bits per heavy atom. The molecule has 4 rings (SSSR count). The fraction of sp³-hybridized carbons (Fsp3) is 0.240. The normalized spacial score (nSPS) is 11.9. The molecule has 0 saturated heterocycles. The summed E-state index contributed by atoms with van der Waals surface area (Å²) in [4.78, 5) is 45.6. The Hall–Kier alpha value is -4.34. The van der Waals surface area contributed by atoms with E-state index < -0.39 is 29.6 Å². The van der Waals surface area contributed by atoms with Gasteiger partial charge in [-0.25, -0.2) is 19.0 Å². The smallest absolute Gasteiger partial charge is 0.339 e. The van der Waals surface area contributed by atoms with Crippen LogP contribution in [-0.4, -0.2) is 46.1 Å². The Bertz CT molecular complexity index is 1470. The number of aryl methyl sites for hydroxylation is 2. The molecule has 0 radical (unpaired) electrons. The lowest BCUT2D eigenvalue weighted by atomic mass is 10.0. The van der Waals surface area contributed by atoms with E-state index in [1.165, 1.54) is 44.4 Å². The van der Waals surface area contributed by atoms with Crippen LogP contribution in [0.1, 0.15) is 55.1 Å². The van der Waals surface area contributed by atoms with Gasteiger partial charge in [0.15, 0.2) is 6.10 Å². The molecular formula is C25H22FN3O6. The van der Waals surface area contributed by atoms with Crippen molar-refractivity contribution in [3.63, 3.8) is 0 Å². The number of halogens is 1. The van der Waals surface area contributed by atoms with Crippen molar-refractivity contribution in [2.75, 3.05) is 7.11 Å². The molecule has 4 aromatic rings. The van der Waals surface area contributed by atoms with E-state index in [0.717, 1.165) is 0 Å². The minimum absolute atomic E-state index is 0.0994. The number of methoxy groups -OCH3 is 1. The minimum atomic E-state index is -1.18. The van der Waals surface area contributed by atoms with Crippen molar-refractivity contribution >= 4 is 28.8 Å². The molecule has 0 aliphatic heterocycles. The Kier molecular flexibility index (Phi) is 6.21. The number of ether oxygens (including phenoxy) is 2. The SMILES string of the molecule is COC(=O)c1c(C)[nH]c(C(=O)C(C)OC(=O)c2cc(-c3ccc(F)cc3)nc3onc(C)c23)c1C. The van der Waals surface area contributed by atoms with Crippen molar-refractivity contribution in [1.29, 1.82) is 0 Å². The first-order chi connectivity index (χ1) is 16.6. The highest BCUT2D eigenvalue weighted by molar-refractivity contribution is 6.07. The van der Waals surface area contributed by atoms with Crippen LogP contribution in [0.25, 0.3) is 22.4 Å². The first-order valence-electron chi connectivity index (χ1n) is 10.7. The lowest BCUT2D eigenvalue weighted by molar-refractivity contribution is 0.0318. The molecule has 0 bridgehead atoms. The number of benzene rings is 1. The average molecular weight is 479 g/mol. The van der Waals surface area contributed by atoms with Crippen LogP contribution in [0.15, 0.2) is 34.9 Å². The van der Waals surface area contributed by atoms with Gasteiger partial charge >= 0.3 is 11.9 Å². The number of rotatable bonds is 6. The topological polar surface area (TPSA) is 124 Å². The standard InChI is InChI=1S/C25H22FN3O6/c1-11-19(25(32)33-5)12(2)27-21(11)22(30)14(4)34-24(31)17-10-18(15-6-8-16(26)9-7-15)28-23-20(17)13(3)29-35-23/h6-10,14,27H,1-5H3. The van der Waals surface area contributed by atoms with Crippen LogP contribution in [0.4, 0.5) is 4.39 Å². The number of aromatic nitrogens is 3. The number of ketones is 1. The van der Waals surface area contributed by atoms with E-state index in [0.29, 0.717) is 33.6 Å². The third-order valence-electron chi connectivity index (χ3n) is 5.70. The lowest BCUT2D eigenvalue weighted by Crippen LogP contribution is -2.25. The fourth-order valence-electron chi connectivity index (χ4n) is 3.91. The molecule has 0 fully saturated rings. The molecule has 180 valence electrons. The quantitative estimate of drug-likeness (QED) is 0.317. The zero-order chi connectivity index (χ0) is 25.4. The number of esters is 2. The first kappa shape index (κ1) is 23.8. The second-order valence-corrected chi connectivity index (χ2v) is 8.04. The number of carbonyl (C=O) groups excluding carboxylic acids is 3. The third kappa shape index (κ3) is 4.30. The number of carbonyl (C=O) groups is 3. The first-order valence-corrected chi connectivity index (χ1v) is 10.7. The van der Waals surface area contributed by atoms with Gasteiger partial charge in [-0.05, 0) is 63.6 Å². The highest BCUT2D eigenvalue weighted by atomic mass is 19.1. The van der Waals surface area contributed by atoms with Gasteiger partial charge in [0, 0.05) is 11.3 Å². The van der Waals surface area contributed by atoms with E-state index in [1.54, 1.807) is 20.8 Å². The Morgan fingerprint density at radius 3 is 2.43 bits per heavy atom. The summed E-state index contributed by atoms with van der Waals surface area (Å²) in [7, 11) is 1.25. The van der Waals surface area contributed by atoms with Gasteiger partial charge < -0.3 is 19.0 Å². The summed E-state index contributed by atoms with van der Waals surface area (Å²) in [6.07, 6.45) is -1.18. The molecule has 35 heavy (non-hydrogen) atoms. The van der Waals surface area contributed by atoms with Crippen LogP contribution in [-0.2, 0) is 9.47 Å². The van der Waals surface area contributed by atoms with E-state index in [9.17, 15) is 18.8 Å². The maximum Gasteiger partial charge on any atom is 0.339 e. The van der Waals surface area contributed by atoms with Crippen LogP contribution in [0.2, 0.25) is 0 Å². The molecule has 1 aromatic carbocycles. The van der Waals surface area contributed by atoms with Gasteiger partial charge in [-0.3, -0.25) is 4.79 Å². The molecule has 0 spiro atoms. The molecule has 1 atom stereocenters. The van der Waals surface area contributed by atoms with Gasteiger partial charge in [0.2, 0.25) is 5.78 Å². The Morgan fingerprint density at radius 2 is 1.77 bits per heavy atom.